The quantitative estimate of drug-likeness (QED) is 0.585. The van der Waals surface area contributed by atoms with E-state index in [0.717, 1.165) is 4.90 Å². The minimum atomic E-state index is -0.566. The summed E-state index contributed by atoms with van der Waals surface area (Å²) in [5.74, 6) is -1.59. The number of anilines is 1. The van der Waals surface area contributed by atoms with E-state index in [0.29, 0.717) is 18.5 Å². The Morgan fingerprint density at radius 3 is 2.21 bits per heavy atom. The number of fused-ring (bicyclic) bond motifs is 1. The highest BCUT2D eigenvalue weighted by atomic mass is 35.5. The zero-order valence-corrected chi connectivity index (χ0v) is 10.7. The minimum absolute atomic E-state index is 0.0916. The summed E-state index contributed by atoms with van der Waals surface area (Å²) < 4.78 is 13.1. The highest BCUT2D eigenvalue weighted by molar-refractivity contribution is 6.31. The first-order chi connectivity index (χ1) is 9.09. The molecule has 0 N–H and O–H groups in total. The van der Waals surface area contributed by atoms with E-state index in [4.69, 9.17) is 11.6 Å². The number of rotatable bonds is 1. The highest BCUT2D eigenvalue weighted by Crippen LogP contribution is 2.38. The van der Waals surface area contributed by atoms with Gasteiger partial charge in [0.15, 0.2) is 0 Å². The fraction of sp³-hybridized carbons (Fsp3) is 0.286. The van der Waals surface area contributed by atoms with Gasteiger partial charge in [0.1, 0.15) is 5.82 Å². The Bertz CT molecular complexity index is 573. The summed E-state index contributed by atoms with van der Waals surface area (Å²) in [6, 6.07) is 3.89. The smallest absolute Gasteiger partial charge is 0.238 e. The van der Waals surface area contributed by atoms with Gasteiger partial charge < -0.3 is 0 Å². The highest BCUT2D eigenvalue weighted by Gasteiger charge is 2.47. The molecule has 2 amide bonds. The van der Waals surface area contributed by atoms with Crippen LogP contribution in [0.1, 0.15) is 12.8 Å². The lowest BCUT2D eigenvalue weighted by atomic mass is 9.85. The normalized spacial score (nSPS) is 25.9. The van der Waals surface area contributed by atoms with Crippen LogP contribution in [0.3, 0.4) is 0 Å². The number of nitrogens with zero attached hydrogens (tertiary/aromatic N) is 1. The van der Waals surface area contributed by atoms with Gasteiger partial charge in [0, 0.05) is 0 Å². The van der Waals surface area contributed by atoms with Crippen molar-refractivity contribution in [2.45, 2.75) is 12.8 Å². The monoisotopic (exact) mass is 279 g/mol. The summed E-state index contributed by atoms with van der Waals surface area (Å²) in [6.07, 6.45) is 5.02. The van der Waals surface area contributed by atoms with Gasteiger partial charge in [-0.2, -0.15) is 0 Å². The molecule has 1 aromatic carbocycles. The molecule has 0 aromatic heterocycles. The Hall–Kier alpha value is -1.68. The van der Waals surface area contributed by atoms with Gasteiger partial charge in [-0.1, -0.05) is 23.8 Å². The molecular weight excluding hydrogens is 269 g/mol. The Balaban J connectivity index is 1.99. The van der Waals surface area contributed by atoms with Gasteiger partial charge in [-0.15, -0.1) is 0 Å². The van der Waals surface area contributed by atoms with Crippen LogP contribution in [-0.4, -0.2) is 11.8 Å². The summed E-state index contributed by atoms with van der Waals surface area (Å²) in [4.78, 5) is 25.7. The van der Waals surface area contributed by atoms with Crippen LogP contribution in [0.5, 0.6) is 0 Å². The van der Waals surface area contributed by atoms with Gasteiger partial charge in [-0.3, -0.25) is 9.59 Å². The summed E-state index contributed by atoms with van der Waals surface area (Å²) >= 11 is 5.70. The molecule has 5 heteroatoms. The van der Waals surface area contributed by atoms with Gasteiger partial charge >= 0.3 is 0 Å². The maximum Gasteiger partial charge on any atom is 0.238 e. The number of amides is 2. The van der Waals surface area contributed by atoms with Crippen LogP contribution < -0.4 is 4.90 Å². The summed E-state index contributed by atoms with van der Waals surface area (Å²) in [7, 11) is 0. The third-order valence-electron chi connectivity index (χ3n) is 3.67. The van der Waals surface area contributed by atoms with E-state index >= 15 is 0 Å². The Morgan fingerprint density at radius 1 is 1.11 bits per heavy atom. The number of imide groups is 1. The fourth-order valence-electron chi connectivity index (χ4n) is 2.68. The van der Waals surface area contributed by atoms with Gasteiger partial charge in [0.25, 0.3) is 0 Å². The molecule has 2 atom stereocenters. The largest absolute Gasteiger partial charge is 0.274 e. The summed E-state index contributed by atoms with van der Waals surface area (Å²) in [6.45, 7) is 0. The lowest BCUT2D eigenvalue weighted by Gasteiger charge is -2.15. The molecule has 98 valence electrons. The van der Waals surface area contributed by atoms with Crippen molar-refractivity contribution in [1.82, 2.24) is 0 Å². The average Bonchev–Trinajstić information content (AvgIpc) is 2.66. The third kappa shape index (κ3) is 1.87. The van der Waals surface area contributed by atoms with E-state index in [1.165, 1.54) is 18.2 Å². The molecule has 0 bridgehead atoms. The van der Waals surface area contributed by atoms with E-state index in [2.05, 4.69) is 0 Å². The second-order valence-electron chi connectivity index (χ2n) is 4.77. The zero-order valence-electron chi connectivity index (χ0n) is 9.98. The molecule has 3 nitrogen and oxygen atoms in total. The van der Waals surface area contributed by atoms with Crippen molar-refractivity contribution < 1.29 is 14.0 Å². The van der Waals surface area contributed by atoms with Crippen molar-refractivity contribution in [1.29, 1.82) is 0 Å². The number of allylic oxidation sites excluding steroid dienone is 2. The molecular formula is C14H11ClFNO2. The fourth-order valence-corrected chi connectivity index (χ4v) is 2.85. The van der Waals surface area contributed by atoms with Crippen molar-refractivity contribution in [2.24, 2.45) is 11.8 Å². The van der Waals surface area contributed by atoms with Gasteiger partial charge in [-0.05, 0) is 31.0 Å². The third-order valence-corrected chi connectivity index (χ3v) is 3.96. The number of carbonyl (C=O) groups excluding carboxylic acids is 2. The molecule has 1 fully saturated rings. The van der Waals surface area contributed by atoms with E-state index in [1.54, 1.807) is 0 Å². The van der Waals surface area contributed by atoms with E-state index in [1.807, 2.05) is 12.2 Å². The van der Waals surface area contributed by atoms with Crippen LogP contribution in [0.15, 0.2) is 30.4 Å². The number of benzene rings is 1. The molecule has 0 spiro atoms. The summed E-state index contributed by atoms with van der Waals surface area (Å²) in [5.41, 5.74) is 0.343. The number of hydrogen-bond acceptors (Lipinski definition) is 2. The van der Waals surface area contributed by atoms with Gasteiger partial charge in [0.05, 0.1) is 22.5 Å². The Kier molecular flexibility index (Phi) is 2.90. The zero-order chi connectivity index (χ0) is 13.6. The van der Waals surface area contributed by atoms with Gasteiger partial charge in [-0.25, -0.2) is 9.29 Å². The Morgan fingerprint density at radius 2 is 1.68 bits per heavy atom. The van der Waals surface area contributed by atoms with Crippen LogP contribution >= 0.6 is 11.6 Å². The molecule has 1 heterocycles. The number of hydrogen-bond donors (Lipinski definition) is 0. The molecule has 3 rings (SSSR count). The van der Waals surface area contributed by atoms with Crippen LogP contribution in [0.25, 0.3) is 0 Å². The molecule has 1 aromatic rings. The molecule has 2 aliphatic rings. The second-order valence-corrected chi connectivity index (χ2v) is 5.17. The average molecular weight is 280 g/mol. The van der Waals surface area contributed by atoms with E-state index in [9.17, 15) is 14.0 Å². The first kappa shape index (κ1) is 12.4. The summed E-state index contributed by atoms with van der Waals surface area (Å²) in [5, 5.41) is -0.0916. The molecule has 0 saturated carbocycles. The number of carbonyl (C=O) groups is 2. The first-order valence-electron chi connectivity index (χ1n) is 6.07. The van der Waals surface area contributed by atoms with Crippen molar-refractivity contribution in [3.8, 4) is 0 Å². The van der Waals surface area contributed by atoms with Crippen LogP contribution in [-0.2, 0) is 9.59 Å². The van der Waals surface area contributed by atoms with Crippen molar-refractivity contribution in [2.75, 3.05) is 4.90 Å². The maximum absolute atomic E-state index is 13.1. The van der Waals surface area contributed by atoms with Crippen LogP contribution in [0, 0.1) is 17.7 Å². The number of halogens is 2. The Labute approximate surface area is 114 Å². The minimum Gasteiger partial charge on any atom is -0.274 e. The molecule has 1 saturated heterocycles. The predicted molar refractivity (Wildman–Crippen MR) is 69.3 cm³/mol. The van der Waals surface area contributed by atoms with Crippen LogP contribution in [0.4, 0.5) is 10.1 Å². The first-order valence-corrected chi connectivity index (χ1v) is 6.45. The topological polar surface area (TPSA) is 37.4 Å². The van der Waals surface area contributed by atoms with Gasteiger partial charge in [0.2, 0.25) is 11.8 Å². The lowest BCUT2D eigenvalue weighted by Crippen LogP contribution is -2.30. The maximum atomic E-state index is 13.1. The van der Waals surface area contributed by atoms with Crippen molar-refractivity contribution >= 4 is 29.1 Å². The van der Waals surface area contributed by atoms with Crippen molar-refractivity contribution in [3.63, 3.8) is 0 Å². The SMILES string of the molecule is O=C1C2CC=CCC2C(=O)N1c1ccc(F)c(Cl)c1. The van der Waals surface area contributed by atoms with Crippen LogP contribution in [0.2, 0.25) is 5.02 Å². The van der Waals surface area contributed by atoms with E-state index < -0.39 is 5.82 Å². The van der Waals surface area contributed by atoms with Crippen molar-refractivity contribution in [3.05, 3.63) is 41.2 Å². The lowest BCUT2D eigenvalue weighted by molar-refractivity contribution is -0.122. The predicted octanol–water partition coefficient (Wildman–Crippen LogP) is 2.93. The molecule has 1 aliphatic carbocycles. The second kappa shape index (κ2) is 4.46. The standard InChI is InChI=1S/C14H11ClFNO2/c15-11-7-8(5-6-12(11)16)17-13(18)9-3-1-2-4-10(9)14(17)19/h1-2,5-7,9-10H,3-4H2. The molecule has 1 aliphatic heterocycles. The molecule has 0 radical (unpaired) electrons. The van der Waals surface area contributed by atoms with E-state index in [-0.39, 0.29) is 28.7 Å². The molecule has 2 unspecified atom stereocenters. The molecule has 19 heavy (non-hydrogen) atoms.